The van der Waals surface area contributed by atoms with Crippen LogP contribution in [-0.2, 0) is 48.4 Å². The Labute approximate surface area is 324 Å². The van der Waals surface area contributed by atoms with Gasteiger partial charge in [-0.05, 0) is 136 Å². The maximum atomic E-state index is 13.2. The van der Waals surface area contributed by atoms with Crippen LogP contribution in [0.5, 0.6) is 0 Å². The van der Waals surface area contributed by atoms with Crippen molar-refractivity contribution in [2.45, 2.75) is 150 Å². The molecule has 54 heavy (non-hydrogen) atoms. The van der Waals surface area contributed by atoms with Gasteiger partial charge in [0, 0.05) is 12.6 Å². The number of aryl methyl sites for hydroxylation is 1. The van der Waals surface area contributed by atoms with E-state index in [4.69, 9.17) is 18.9 Å². The molecule has 0 fully saturated rings. The first-order valence-corrected chi connectivity index (χ1v) is 20.6. The van der Waals surface area contributed by atoms with E-state index in [2.05, 4.69) is 16.7 Å². The predicted molar refractivity (Wildman–Crippen MR) is 213 cm³/mol. The van der Waals surface area contributed by atoms with E-state index < -0.39 is 50.5 Å². The van der Waals surface area contributed by atoms with Crippen LogP contribution < -0.4 is 14.9 Å². The van der Waals surface area contributed by atoms with Crippen molar-refractivity contribution >= 4 is 33.9 Å². The number of esters is 1. The molecule has 0 saturated heterocycles. The molecule has 2 N–H and O–H groups in total. The van der Waals surface area contributed by atoms with E-state index in [9.17, 15) is 22.8 Å². The van der Waals surface area contributed by atoms with E-state index in [-0.39, 0.29) is 31.4 Å². The van der Waals surface area contributed by atoms with Crippen LogP contribution in [-0.4, -0.2) is 74.4 Å². The molecular weight excluding hydrogens is 711 g/mol. The Bertz CT molecular complexity index is 1670. The summed E-state index contributed by atoms with van der Waals surface area (Å²) in [4.78, 5) is 38.7. The Morgan fingerprint density at radius 3 is 1.93 bits per heavy atom. The van der Waals surface area contributed by atoms with Crippen molar-refractivity contribution in [3.05, 3.63) is 64.7 Å². The third kappa shape index (κ3) is 17.5. The Balaban J connectivity index is 2.36. The topological polar surface area (TPSA) is 150 Å². The summed E-state index contributed by atoms with van der Waals surface area (Å²) in [5.41, 5.74) is 0.127. The number of anilines is 1. The van der Waals surface area contributed by atoms with Gasteiger partial charge in [0.05, 0.1) is 36.3 Å². The van der Waals surface area contributed by atoms with Crippen LogP contribution in [0.1, 0.15) is 129 Å². The number of hydrogen-bond acceptors (Lipinski definition) is 9. The normalized spacial score (nSPS) is 14.0. The van der Waals surface area contributed by atoms with E-state index in [1.165, 1.54) is 10.4 Å². The number of nitrogens with zero attached hydrogens (tertiary/aromatic N) is 1. The van der Waals surface area contributed by atoms with E-state index >= 15 is 0 Å². The van der Waals surface area contributed by atoms with Gasteiger partial charge in [-0.25, -0.2) is 22.8 Å². The minimum Gasteiger partial charge on any atom is -0.456 e. The third-order valence-electron chi connectivity index (χ3n) is 7.80. The fourth-order valence-corrected chi connectivity index (χ4v) is 6.66. The second-order valence-electron chi connectivity index (χ2n) is 17.2. The molecule has 0 aliphatic rings. The van der Waals surface area contributed by atoms with E-state index in [1.54, 1.807) is 53.7 Å². The largest absolute Gasteiger partial charge is 0.456 e. The summed E-state index contributed by atoms with van der Waals surface area (Å²) in [6.07, 6.45) is 3.24. The lowest BCUT2D eigenvalue weighted by Gasteiger charge is -2.32. The summed E-state index contributed by atoms with van der Waals surface area (Å²) in [6, 6.07) is 12.9. The molecule has 12 nitrogen and oxygen atoms in total. The molecule has 2 unspecified atom stereocenters. The maximum absolute atomic E-state index is 13.2. The van der Waals surface area contributed by atoms with Gasteiger partial charge in [0.1, 0.15) is 16.8 Å². The second kappa shape index (κ2) is 19.2. The highest BCUT2D eigenvalue weighted by atomic mass is 32.2. The van der Waals surface area contributed by atoms with Crippen LogP contribution in [0.15, 0.2) is 42.5 Å². The van der Waals surface area contributed by atoms with E-state index in [1.807, 2.05) is 59.7 Å². The lowest BCUT2D eigenvalue weighted by atomic mass is 9.92. The molecule has 0 radical (unpaired) electrons. The molecule has 304 valence electrons. The zero-order valence-corrected chi connectivity index (χ0v) is 35.6. The first-order valence-electron chi connectivity index (χ1n) is 18.7. The number of benzene rings is 2. The molecule has 0 heterocycles. The lowest BCUT2D eigenvalue weighted by molar-refractivity contribution is 0.00673. The number of carbonyl (C=O) groups excluding carboxylic acids is 3. The molecule has 2 atom stereocenters. The molecule has 2 amide bonds. The summed E-state index contributed by atoms with van der Waals surface area (Å²) in [6.45, 7) is 22.2. The van der Waals surface area contributed by atoms with Gasteiger partial charge in [-0.2, -0.15) is 0 Å². The highest BCUT2D eigenvalue weighted by molar-refractivity contribution is 7.92. The molecule has 2 aromatic rings. The zero-order chi connectivity index (χ0) is 41.1. The molecule has 0 bridgehead atoms. The van der Waals surface area contributed by atoms with Crippen LogP contribution in [0.25, 0.3) is 0 Å². The maximum Gasteiger partial charge on any atom is 0.408 e. The number of hydrogen-bond donors (Lipinski definition) is 2. The SMILES string of the molecule is CCCN(c1cc(COCC(C)(Cc2cccc(CCC(CC)NC(=O)OC(C)(C)C)c2)NC(=O)OC(C)(C)C)cc(C(=O)OC(C)(C)C)c1)S(C)(=O)=O. The Kier molecular flexibility index (Phi) is 16.4. The second-order valence-corrected chi connectivity index (χ2v) is 19.1. The Hall–Kier alpha value is -3.84. The van der Waals surface area contributed by atoms with E-state index in [0.29, 0.717) is 30.5 Å². The molecule has 0 saturated carbocycles. The smallest absolute Gasteiger partial charge is 0.408 e. The van der Waals surface area contributed by atoms with Gasteiger partial charge in [-0.3, -0.25) is 4.31 Å². The molecule has 0 aromatic heterocycles. The van der Waals surface area contributed by atoms with Crippen molar-refractivity contribution in [3.8, 4) is 0 Å². The average molecular weight is 776 g/mol. The van der Waals surface area contributed by atoms with Gasteiger partial charge < -0.3 is 29.6 Å². The lowest BCUT2D eigenvalue weighted by Crippen LogP contribution is -2.52. The fourth-order valence-electron chi connectivity index (χ4n) is 5.66. The van der Waals surface area contributed by atoms with Crippen LogP contribution >= 0.6 is 0 Å². The van der Waals surface area contributed by atoms with Crippen molar-refractivity contribution in [2.75, 3.05) is 23.7 Å². The van der Waals surface area contributed by atoms with E-state index in [0.717, 1.165) is 30.2 Å². The highest BCUT2D eigenvalue weighted by Crippen LogP contribution is 2.26. The fraction of sp³-hybridized carbons (Fsp3) is 0.634. The minimum atomic E-state index is -3.65. The van der Waals surface area contributed by atoms with Gasteiger partial charge in [0.15, 0.2) is 0 Å². The quantitative estimate of drug-likeness (QED) is 0.120. The molecule has 2 rings (SSSR count). The highest BCUT2D eigenvalue weighted by Gasteiger charge is 2.31. The minimum absolute atomic E-state index is 0.0159. The summed E-state index contributed by atoms with van der Waals surface area (Å²) >= 11 is 0. The molecule has 0 aliphatic heterocycles. The van der Waals surface area contributed by atoms with Gasteiger partial charge in [-0.15, -0.1) is 0 Å². The summed E-state index contributed by atoms with van der Waals surface area (Å²) in [7, 11) is -3.65. The standard InChI is InChI=1S/C41H65N3O9S/c1-14-21-44(54(13,48)49)34-24-31(23-32(25-34)35(45)51-38(3,4)5)27-50-28-41(12,43-37(47)53-40(9,10)11)26-30-18-16-17-29(22-30)19-20-33(15-2)42-36(46)52-39(6,7)8/h16-18,22-25,33H,14-15,19-21,26-28H2,1-13H3,(H,42,46)(H,43,47). The van der Waals surface area contributed by atoms with Crippen LogP contribution in [0.4, 0.5) is 15.3 Å². The third-order valence-corrected chi connectivity index (χ3v) is 8.99. The summed E-state index contributed by atoms with van der Waals surface area (Å²) < 4.78 is 49.7. The first kappa shape index (κ1) is 46.3. The number of ether oxygens (including phenoxy) is 4. The predicted octanol–water partition coefficient (Wildman–Crippen LogP) is 8.10. The summed E-state index contributed by atoms with van der Waals surface area (Å²) in [5, 5.41) is 5.98. The molecule has 0 spiro atoms. The molecular formula is C41H65N3O9S. The van der Waals surface area contributed by atoms with Crippen molar-refractivity contribution in [1.29, 1.82) is 0 Å². The van der Waals surface area contributed by atoms with Crippen LogP contribution in [0.2, 0.25) is 0 Å². The number of rotatable bonds is 17. The number of alkyl carbamates (subject to hydrolysis) is 2. The van der Waals surface area contributed by atoms with Gasteiger partial charge in [-0.1, -0.05) is 38.1 Å². The average Bonchev–Trinajstić information content (AvgIpc) is 2.98. The summed E-state index contributed by atoms with van der Waals surface area (Å²) in [5.74, 6) is -0.585. The molecule has 2 aromatic carbocycles. The van der Waals surface area contributed by atoms with Crippen molar-refractivity contribution in [1.82, 2.24) is 10.6 Å². The number of nitrogens with one attached hydrogen (secondary N) is 2. The van der Waals surface area contributed by atoms with Crippen molar-refractivity contribution < 1.29 is 41.7 Å². The van der Waals surface area contributed by atoms with Crippen LogP contribution in [0, 0.1) is 0 Å². The number of amides is 2. The monoisotopic (exact) mass is 775 g/mol. The van der Waals surface area contributed by atoms with Gasteiger partial charge >= 0.3 is 18.2 Å². The van der Waals surface area contributed by atoms with Crippen molar-refractivity contribution in [3.63, 3.8) is 0 Å². The van der Waals surface area contributed by atoms with Crippen molar-refractivity contribution in [2.24, 2.45) is 0 Å². The Morgan fingerprint density at radius 2 is 1.37 bits per heavy atom. The van der Waals surface area contributed by atoms with Gasteiger partial charge in [0.25, 0.3) is 0 Å². The number of sulfonamides is 1. The molecule has 0 aliphatic carbocycles. The van der Waals surface area contributed by atoms with Crippen LogP contribution in [0.3, 0.4) is 0 Å². The van der Waals surface area contributed by atoms with Gasteiger partial charge in [0.2, 0.25) is 10.0 Å². The Morgan fingerprint density at radius 1 is 0.778 bits per heavy atom. The zero-order valence-electron chi connectivity index (χ0n) is 34.8. The number of carbonyl (C=O) groups is 3. The molecule has 13 heteroatoms. The first-order chi connectivity index (χ1) is 24.7.